The second-order valence-corrected chi connectivity index (χ2v) is 6.29. The maximum absolute atomic E-state index is 4.78. The molecular formula is C16H24N6. The Labute approximate surface area is 131 Å². The van der Waals surface area contributed by atoms with Crippen molar-refractivity contribution in [2.75, 3.05) is 20.6 Å². The van der Waals surface area contributed by atoms with Crippen LogP contribution in [0.2, 0.25) is 0 Å². The standard InChI is InChI=1S/C16H24N6/c1-20(2)12-14-6-7-17-16(19-14)15-5-4-8-22(15)11-13-9-18-21(3)10-13/h6-7,9-10,15H,4-5,8,11-12H2,1-3H3. The van der Waals surface area contributed by atoms with Crippen molar-refractivity contribution in [1.29, 1.82) is 0 Å². The van der Waals surface area contributed by atoms with Crippen molar-refractivity contribution >= 4 is 0 Å². The van der Waals surface area contributed by atoms with E-state index >= 15 is 0 Å². The van der Waals surface area contributed by atoms with E-state index in [1.54, 1.807) is 0 Å². The molecule has 0 bridgehead atoms. The molecule has 2 aromatic rings. The molecule has 3 heterocycles. The minimum absolute atomic E-state index is 0.322. The summed E-state index contributed by atoms with van der Waals surface area (Å²) in [5, 5.41) is 4.26. The maximum Gasteiger partial charge on any atom is 0.145 e. The summed E-state index contributed by atoms with van der Waals surface area (Å²) < 4.78 is 1.86. The Kier molecular flexibility index (Phi) is 4.49. The number of likely N-dealkylation sites (tertiary alicyclic amines) is 1. The van der Waals surface area contributed by atoms with Crippen LogP contribution in [0.3, 0.4) is 0 Å². The van der Waals surface area contributed by atoms with Crippen molar-refractivity contribution in [2.24, 2.45) is 7.05 Å². The molecule has 1 aliphatic rings. The van der Waals surface area contributed by atoms with Crippen LogP contribution in [0.5, 0.6) is 0 Å². The number of nitrogens with zero attached hydrogens (tertiary/aromatic N) is 6. The molecule has 1 aliphatic heterocycles. The molecule has 1 saturated heterocycles. The molecule has 0 amide bonds. The second-order valence-electron chi connectivity index (χ2n) is 6.29. The lowest BCUT2D eigenvalue weighted by atomic mass is 10.2. The van der Waals surface area contributed by atoms with Crippen LogP contribution in [0.15, 0.2) is 24.7 Å². The maximum atomic E-state index is 4.78. The van der Waals surface area contributed by atoms with Crippen LogP contribution in [0.1, 0.15) is 36.0 Å². The first kappa shape index (κ1) is 15.1. The number of rotatable bonds is 5. The quantitative estimate of drug-likeness (QED) is 0.839. The predicted molar refractivity (Wildman–Crippen MR) is 85.0 cm³/mol. The molecule has 22 heavy (non-hydrogen) atoms. The van der Waals surface area contributed by atoms with Gasteiger partial charge in [0.15, 0.2) is 0 Å². The molecule has 0 aromatic carbocycles. The first-order valence-corrected chi connectivity index (χ1v) is 7.80. The Morgan fingerprint density at radius 3 is 2.95 bits per heavy atom. The third-order valence-electron chi connectivity index (χ3n) is 4.02. The Hall–Kier alpha value is -1.79. The van der Waals surface area contributed by atoms with E-state index in [0.29, 0.717) is 6.04 Å². The molecule has 0 N–H and O–H groups in total. The van der Waals surface area contributed by atoms with Crippen molar-refractivity contribution < 1.29 is 0 Å². The van der Waals surface area contributed by atoms with Gasteiger partial charge in [-0.25, -0.2) is 9.97 Å². The van der Waals surface area contributed by atoms with E-state index < -0.39 is 0 Å². The van der Waals surface area contributed by atoms with E-state index in [0.717, 1.165) is 37.6 Å². The summed E-state index contributed by atoms with van der Waals surface area (Å²) in [6, 6.07) is 2.33. The van der Waals surface area contributed by atoms with E-state index in [2.05, 4.69) is 40.2 Å². The molecule has 0 spiro atoms. The highest BCUT2D eigenvalue weighted by molar-refractivity contribution is 5.09. The number of hydrogen-bond acceptors (Lipinski definition) is 5. The summed E-state index contributed by atoms with van der Waals surface area (Å²) in [4.78, 5) is 13.9. The summed E-state index contributed by atoms with van der Waals surface area (Å²) >= 11 is 0. The van der Waals surface area contributed by atoms with Crippen LogP contribution in [0.4, 0.5) is 0 Å². The minimum atomic E-state index is 0.322. The number of aromatic nitrogens is 4. The van der Waals surface area contributed by atoms with Gasteiger partial charge in [-0.2, -0.15) is 5.10 Å². The number of aryl methyl sites for hydroxylation is 1. The molecule has 118 valence electrons. The van der Waals surface area contributed by atoms with Crippen LogP contribution in [0.25, 0.3) is 0 Å². The zero-order valence-corrected chi connectivity index (χ0v) is 13.6. The predicted octanol–water partition coefficient (Wildman–Crippen LogP) is 1.61. The van der Waals surface area contributed by atoms with E-state index in [4.69, 9.17) is 4.98 Å². The minimum Gasteiger partial charge on any atom is -0.304 e. The largest absolute Gasteiger partial charge is 0.304 e. The summed E-state index contributed by atoms with van der Waals surface area (Å²) in [5.41, 5.74) is 2.34. The average molecular weight is 300 g/mol. The normalized spacial score (nSPS) is 19.2. The third kappa shape index (κ3) is 3.51. The monoisotopic (exact) mass is 300 g/mol. The van der Waals surface area contributed by atoms with Gasteiger partial charge in [-0.1, -0.05) is 0 Å². The number of hydrogen-bond donors (Lipinski definition) is 0. The molecule has 0 aliphatic carbocycles. The summed E-state index contributed by atoms with van der Waals surface area (Å²) in [6.07, 6.45) is 8.25. The average Bonchev–Trinajstić information content (AvgIpc) is 3.08. The first-order valence-electron chi connectivity index (χ1n) is 7.80. The van der Waals surface area contributed by atoms with Gasteiger partial charge in [-0.15, -0.1) is 0 Å². The van der Waals surface area contributed by atoms with Crippen LogP contribution in [0, 0.1) is 0 Å². The fourth-order valence-electron chi connectivity index (χ4n) is 3.08. The van der Waals surface area contributed by atoms with Gasteiger partial charge >= 0.3 is 0 Å². The zero-order valence-electron chi connectivity index (χ0n) is 13.6. The van der Waals surface area contributed by atoms with Crippen LogP contribution in [-0.2, 0) is 20.1 Å². The molecular weight excluding hydrogens is 276 g/mol. The van der Waals surface area contributed by atoms with Gasteiger partial charge in [0.05, 0.1) is 17.9 Å². The Bertz CT molecular complexity index is 621. The van der Waals surface area contributed by atoms with Crippen LogP contribution in [-0.4, -0.2) is 50.2 Å². The van der Waals surface area contributed by atoms with Crippen molar-refractivity contribution in [2.45, 2.75) is 32.0 Å². The molecule has 1 fully saturated rings. The molecule has 3 rings (SSSR count). The molecule has 6 nitrogen and oxygen atoms in total. The van der Waals surface area contributed by atoms with E-state index in [9.17, 15) is 0 Å². The smallest absolute Gasteiger partial charge is 0.145 e. The molecule has 1 atom stereocenters. The first-order chi connectivity index (χ1) is 10.6. The van der Waals surface area contributed by atoms with Gasteiger partial charge in [0.25, 0.3) is 0 Å². The highest BCUT2D eigenvalue weighted by atomic mass is 15.3. The van der Waals surface area contributed by atoms with Gasteiger partial charge < -0.3 is 4.90 Å². The summed E-state index contributed by atoms with van der Waals surface area (Å²) in [6.45, 7) is 2.87. The summed E-state index contributed by atoms with van der Waals surface area (Å²) in [5.74, 6) is 0.959. The van der Waals surface area contributed by atoms with Crippen molar-refractivity contribution in [3.8, 4) is 0 Å². The van der Waals surface area contributed by atoms with Crippen molar-refractivity contribution in [1.82, 2.24) is 29.5 Å². The fraction of sp³-hybridized carbons (Fsp3) is 0.562. The third-order valence-corrected chi connectivity index (χ3v) is 4.02. The fourth-order valence-corrected chi connectivity index (χ4v) is 3.08. The van der Waals surface area contributed by atoms with Gasteiger partial charge in [-0.3, -0.25) is 9.58 Å². The molecule has 0 saturated carbocycles. The zero-order chi connectivity index (χ0) is 15.5. The van der Waals surface area contributed by atoms with Gasteiger partial charge in [0.1, 0.15) is 5.82 Å². The van der Waals surface area contributed by atoms with Gasteiger partial charge in [0.2, 0.25) is 0 Å². The van der Waals surface area contributed by atoms with Gasteiger partial charge in [0, 0.05) is 38.1 Å². The molecule has 0 radical (unpaired) electrons. The molecule has 1 unspecified atom stereocenters. The van der Waals surface area contributed by atoms with Gasteiger partial charge in [-0.05, 0) is 39.5 Å². The Balaban J connectivity index is 1.75. The topological polar surface area (TPSA) is 50.1 Å². The van der Waals surface area contributed by atoms with E-state index in [-0.39, 0.29) is 0 Å². The highest BCUT2D eigenvalue weighted by Gasteiger charge is 2.28. The van der Waals surface area contributed by atoms with Crippen molar-refractivity contribution in [3.05, 3.63) is 41.7 Å². The van der Waals surface area contributed by atoms with Crippen LogP contribution >= 0.6 is 0 Å². The van der Waals surface area contributed by atoms with Crippen molar-refractivity contribution in [3.63, 3.8) is 0 Å². The lowest BCUT2D eigenvalue weighted by Crippen LogP contribution is -2.24. The van der Waals surface area contributed by atoms with E-state index in [1.165, 1.54) is 12.0 Å². The molecule has 2 aromatic heterocycles. The SMILES string of the molecule is CN(C)Cc1ccnc(C2CCCN2Cc2cnn(C)c2)n1. The Morgan fingerprint density at radius 1 is 1.36 bits per heavy atom. The lowest BCUT2D eigenvalue weighted by Gasteiger charge is -2.23. The lowest BCUT2D eigenvalue weighted by molar-refractivity contribution is 0.239. The summed E-state index contributed by atoms with van der Waals surface area (Å²) in [7, 11) is 6.08. The second kappa shape index (κ2) is 6.54. The highest BCUT2D eigenvalue weighted by Crippen LogP contribution is 2.31. The van der Waals surface area contributed by atoms with E-state index in [1.807, 2.05) is 30.2 Å². The molecule has 6 heteroatoms. The van der Waals surface area contributed by atoms with Crippen LogP contribution < -0.4 is 0 Å². The Morgan fingerprint density at radius 2 is 2.23 bits per heavy atom.